The summed E-state index contributed by atoms with van der Waals surface area (Å²) >= 11 is 0. The van der Waals surface area contributed by atoms with Gasteiger partial charge >= 0.3 is 5.97 Å². The molecule has 0 aliphatic heterocycles. The van der Waals surface area contributed by atoms with Crippen LogP contribution in [0.4, 0.5) is 5.69 Å². The lowest BCUT2D eigenvalue weighted by molar-refractivity contribution is -0.150. The smallest absolute Gasteiger partial charge is 0.303 e. The number of ether oxygens (including phenoxy) is 1. The molecule has 98 valence electrons. The van der Waals surface area contributed by atoms with E-state index in [-0.39, 0.29) is 5.91 Å². The summed E-state index contributed by atoms with van der Waals surface area (Å²) < 4.78 is 4.80. The number of benzene rings is 1. The van der Waals surface area contributed by atoms with Crippen LogP contribution in [0.1, 0.15) is 39.2 Å². The van der Waals surface area contributed by atoms with E-state index in [0.717, 1.165) is 0 Å². The molecule has 4 nitrogen and oxygen atoms in total. The first-order chi connectivity index (χ1) is 8.40. The molecule has 1 aromatic rings. The minimum Gasteiger partial charge on any atom is -0.453 e. The molecule has 0 spiro atoms. The van der Waals surface area contributed by atoms with Crippen LogP contribution in [0.3, 0.4) is 0 Å². The van der Waals surface area contributed by atoms with Crippen molar-refractivity contribution in [3.8, 4) is 0 Å². The summed E-state index contributed by atoms with van der Waals surface area (Å²) in [5.74, 6) is -0.343. The van der Waals surface area contributed by atoms with Gasteiger partial charge in [-0.1, -0.05) is 26.0 Å². The van der Waals surface area contributed by atoms with E-state index in [9.17, 15) is 9.59 Å². The maximum absolute atomic E-state index is 11.7. The first-order valence-electron chi connectivity index (χ1n) is 5.98. The summed E-state index contributed by atoms with van der Waals surface area (Å²) in [6.07, 6.45) is -0.785. The van der Waals surface area contributed by atoms with Crippen molar-refractivity contribution >= 4 is 17.6 Å². The van der Waals surface area contributed by atoms with E-state index >= 15 is 0 Å². The highest BCUT2D eigenvalue weighted by molar-refractivity contribution is 5.94. The Morgan fingerprint density at radius 2 is 1.67 bits per heavy atom. The third kappa shape index (κ3) is 4.20. The molecule has 0 heterocycles. The van der Waals surface area contributed by atoms with Crippen molar-refractivity contribution in [2.45, 2.75) is 39.7 Å². The second kappa shape index (κ2) is 6.19. The number of carbonyl (C=O) groups excluding carboxylic acids is 2. The second-order valence-corrected chi connectivity index (χ2v) is 4.52. The Labute approximate surface area is 107 Å². The molecule has 1 N–H and O–H groups in total. The topological polar surface area (TPSA) is 55.4 Å². The normalized spacial score (nSPS) is 12.1. The van der Waals surface area contributed by atoms with Crippen LogP contribution in [-0.4, -0.2) is 18.0 Å². The highest BCUT2D eigenvalue weighted by Crippen LogP contribution is 2.17. The summed E-state index contributed by atoms with van der Waals surface area (Å²) in [6, 6.07) is 7.62. The average Bonchev–Trinajstić information content (AvgIpc) is 2.28. The molecule has 0 radical (unpaired) electrons. The van der Waals surface area contributed by atoms with Gasteiger partial charge in [0.25, 0.3) is 5.91 Å². The molecule has 0 unspecified atom stereocenters. The third-order valence-electron chi connectivity index (χ3n) is 2.56. The zero-order valence-electron chi connectivity index (χ0n) is 11.2. The van der Waals surface area contributed by atoms with Crippen molar-refractivity contribution < 1.29 is 14.3 Å². The number of amides is 1. The number of nitrogens with one attached hydrogen (secondary N) is 1. The van der Waals surface area contributed by atoms with Crippen LogP contribution in [0.15, 0.2) is 24.3 Å². The summed E-state index contributed by atoms with van der Waals surface area (Å²) in [6.45, 7) is 7.03. The van der Waals surface area contributed by atoms with E-state index in [1.165, 1.54) is 12.5 Å². The maximum Gasteiger partial charge on any atom is 0.303 e. The Bertz CT molecular complexity index is 423. The standard InChI is InChI=1S/C14H19NO3/c1-9(2)12-5-7-13(8-6-12)15-14(17)10(3)18-11(4)16/h5-10H,1-4H3,(H,15,17)/t10-/m0/s1. The van der Waals surface area contributed by atoms with Crippen LogP contribution in [0.2, 0.25) is 0 Å². The molecule has 0 aliphatic carbocycles. The Kier molecular flexibility index (Phi) is 4.89. The summed E-state index contributed by atoms with van der Waals surface area (Å²) in [4.78, 5) is 22.4. The fourth-order valence-corrected chi connectivity index (χ4v) is 1.50. The predicted molar refractivity (Wildman–Crippen MR) is 70.4 cm³/mol. The van der Waals surface area contributed by atoms with E-state index < -0.39 is 12.1 Å². The van der Waals surface area contributed by atoms with Gasteiger partial charge in [-0.2, -0.15) is 0 Å². The van der Waals surface area contributed by atoms with Crippen LogP contribution >= 0.6 is 0 Å². The number of anilines is 1. The number of hydrogen-bond acceptors (Lipinski definition) is 3. The van der Waals surface area contributed by atoms with Crippen LogP contribution in [0.5, 0.6) is 0 Å². The lowest BCUT2D eigenvalue weighted by Gasteiger charge is -2.13. The third-order valence-corrected chi connectivity index (χ3v) is 2.56. The van der Waals surface area contributed by atoms with Gasteiger partial charge < -0.3 is 10.1 Å². The molecule has 0 aliphatic rings. The van der Waals surface area contributed by atoms with Gasteiger partial charge in [0.1, 0.15) is 0 Å². The van der Waals surface area contributed by atoms with E-state index in [1.807, 2.05) is 24.3 Å². The molecule has 0 saturated heterocycles. The quantitative estimate of drug-likeness (QED) is 0.835. The lowest BCUT2D eigenvalue weighted by atomic mass is 10.0. The minimum absolute atomic E-state index is 0.331. The molecular weight excluding hydrogens is 230 g/mol. The van der Waals surface area contributed by atoms with Crippen LogP contribution in [0, 0.1) is 0 Å². The van der Waals surface area contributed by atoms with Crippen molar-refractivity contribution in [3.05, 3.63) is 29.8 Å². The Hall–Kier alpha value is -1.84. The fraction of sp³-hybridized carbons (Fsp3) is 0.429. The van der Waals surface area contributed by atoms with Crippen molar-refractivity contribution in [3.63, 3.8) is 0 Å². The number of carbonyl (C=O) groups is 2. The number of esters is 1. The van der Waals surface area contributed by atoms with Crippen LogP contribution < -0.4 is 5.32 Å². The highest BCUT2D eigenvalue weighted by atomic mass is 16.5. The van der Waals surface area contributed by atoms with Gasteiger partial charge in [-0.3, -0.25) is 9.59 Å². The fourth-order valence-electron chi connectivity index (χ4n) is 1.50. The molecule has 1 atom stereocenters. The molecule has 1 aromatic carbocycles. The van der Waals surface area contributed by atoms with Gasteiger partial charge in [0.2, 0.25) is 0 Å². The molecule has 4 heteroatoms. The first kappa shape index (κ1) is 14.2. The van der Waals surface area contributed by atoms with E-state index in [1.54, 1.807) is 6.92 Å². The van der Waals surface area contributed by atoms with Gasteiger partial charge in [0, 0.05) is 12.6 Å². The van der Waals surface area contributed by atoms with Crippen LogP contribution in [-0.2, 0) is 14.3 Å². The zero-order valence-corrected chi connectivity index (χ0v) is 11.2. The number of hydrogen-bond donors (Lipinski definition) is 1. The molecule has 0 aromatic heterocycles. The van der Waals surface area contributed by atoms with E-state index in [0.29, 0.717) is 11.6 Å². The molecule has 18 heavy (non-hydrogen) atoms. The van der Waals surface area contributed by atoms with Crippen molar-refractivity contribution in [1.29, 1.82) is 0 Å². The minimum atomic E-state index is -0.785. The second-order valence-electron chi connectivity index (χ2n) is 4.52. The van der Waals surface area contributed by atoms with Gasteiger partial charge in [-0.15, -0.1) is 0 Å². The van der Waals surface area contributed by atoms with Crippen molar-refractivity contribution in [1.82, 2.24) is 0 Å². The molecule has 0 saturated carbocycles. The molecule has 0 bridgehead atoms. The first-order valence-corrected chi connectivity index (χ1v) is 5.98. The largest absolute Gasteiger partial charge is 0.453 e. The summed E-state index contributed by atoms with van der Waals surface area (Å²) in [7, 11) is 0. The van der Waals surface area contributed by atoms with Gasteiger partial charge in [0.15, 0.2) is 6.10 Å². The monoisotopic (exact) mass is 249 g/mol. The highest BCUT2D eigenvalue weighted by Gasteiger charge is 2.15. The maximum atomic E-state index is 11.7. The van der Waals surface area contributed by atoms with Crippen LogP contribution in [0.25, 0.3) is 0 Å². The summed E-state index contributed by atoms with van der Waals surface area (Å²) in [5, 5.41) is 2.70. The molecule has 1 amide bonds. The van der Waals surface area contributed by atoms with Crippen molar-refractivity contribution in [2.75, 3.05) is 5.32 Å². The van der Waals surface area contributed by atoms with Gasteiger partial charge in [-0.05, 0) is 30.5 Å². The van der Waals surface area contributed by atoms with Crippen molar-refractivity contribution in [2.24, 2.45) is 0 Å². The number of rotatable bonds is 4. The molecule has 1 rings (SSSR count). The van der Waals surface area contributed by atoms with Gasteiger partial charge in [-0.25, -0.2) is 0 Å². The van der Waals surface area contributed by atoms with E-state index in [2.05, 4.69) is 19.2 Å². The Morgan fingerprint density at radius 1 is 1.11 bits per heavy atom. The van der Waals surface area contributed by atoms with Gasteiger partial charge in [0.05, 0.1) is 0 Å². The zero-order chi connectivity index (χ0) is 13.7. The lowest BCUT2D eigenvalue weighted by Crippen LogP contribution is -2.29. The Morgan fingerprint density at radius 3 is 2.11 bits per heavy atom. The van der Waals surface area contributed by atoms with E-state index in [4.69, 9.17) is 4.74 Å². The molecular formula is C14H19NO3. The predicted octanol–water partition coefficient (Wildman–Crippen LogP) is 2.70. The average molecular weight is 249 g/mol. The summed E-state index contributed by atoms with van der Waals surface area (Å²) in [5.41, 5.74) is 1.91. The molecule has 0 fully saturated rings. The SMILES string of the molecule is CC(=O)O[C@@H](C)C(=O)Nc1ccc(C(C)C)cc1. The Balaban J connectivity index is 2.62.